The van der Waals surface area contributed by atoms with E-state index in [4.69, 9.17) is 4.74 Å². The van der Waals surface area contributed by atoms with E-state index in [-0.39, 0.29) is 23.7 Å². The topological polar surface area (TPSA) is 118 Å². The van der Waals surface area contributed by atoms with Gasteiger partial charge in [0.15, 0.2) is 5.13 Å². The molecule has 0 spiro atoms. The number of amides is 2. The van der Waals surface area contributed by atoms with E-state index in [0.717, 1.165) is 30.2 Å². The van der Waals surface area contributed by atoms with Gasteiger partial charge in [-0.2, -0.15) is 0 Å². The first-order valence-corrected chi connectivity index (χ1v) is 11.6. The number of nitro benzene ring substituents is 1. The maximum absolute atomic E-state index is 13.2. The van der Waals surface area contributed by atoms with E-state index < -0.39 is 10.8 Å². The van der Waals surface area contributed by atoms with Gasteiger partial charge in [-0.15, -0.1) is 11.3 Å². The highest BCUT2D eigenvalue weighted by atomic mass is 32.1. The molecular formula is C22H29N5O5S. The molecule has 2 aromatic rings. The molecule has 0 bridgehead atoms. The Labute approximate surface area is 196 Å². The fourth-order valence-corrected chi connectivity index (χ4v) is 4.37. The third-order valence-electron chi connectivity index (χ3n) is 5.56. The van der Waals surface area contributed by atoms with Crippen LogP contribution in [0.25, 0.3) is 0 Å². The second-order valence-electron chi connectivity index (χ2n) is 8.00. The number of carbonyl (C=O) groups is 2. The number of nitrogens with one attached hydrogen (secondary N) is 1. The summed E-state index contributed by atoms with van der Waals surface area (Å²) in [5.74, 6) is -0.771. The zero-order valence-electron chi connectivity index (χ0n) is 19.1. The lowest BCUT2D eigenvalue weighted by Crippen LogP contribution is -2.41. The third kappa shape index (κ3) is 6.80. The molecule has 1 saturated heterocycles. The maximum Gasteiger partial charge on any atom is 0.273 e. The average Bonchev–Trinajstić information content (AvgIpc) is 3.09. The SMILES string of the molecule is Cc1ccc(C(=O)N(CCCN2CCOCC2)CC(=O)Nc2nc(C)c(C)s2)cc1[N+](=O)[O-]. The normalized spacial score (nSPS) is 14.2. The van der Waals surface area contributed by atoms with Crippen LogP contribution in [0.1, 0.15) is 32.9 Å². The Kier molecular flexibility index (Phi) is 8.48. The number of anilines is 1. The highest BCUT2D eigenvalue weighted by molar-refractivity contribution is 7.15. The van der Waals surface area contributed by atoms with Gasteiger partial charge in [0.1, 0.15) is 6.54 Å². The summed E-state index contributed by atoms with van der Waals surface area (Å²) in [5, 5.41) is 14.6. The number of carbonyl (C=O) groups excluding carboxylic acids is 2. The summed E-state index contributed by atoms with van der Waals surface area (Å²) in [5.41, 5.74) is 1.39. The Morgan fingerprint density at radius 2 is 2.00 bits per heavy atom. The smallest absolute Gasteiger partial charge is 0.273 e. The van der Waals surface area contributed by atoms with Crippen molar-refractivity contribution in [1.29, 1.82) is 0 Å². The number of aromatic nitrogens is 1. The molecule has 1 aliphatic heterocycles. The van der Waals surface area contributed by atoms with Crippen molar-refractivity contribution in [2.45, 2.75) is 27.2 Å². The van der Waals surface area contributed by atoms with E-state index in [1.807, 2.05) is 13.8 Å². The molecule has 11 heteroatoms. The predicted octanol–water partition coefficient (Wildman–Crippen LogP) is 2.78. The minimum Gasteiger partial charge on any atom is -0.379 e. The molecule has 33 heavy (non-hydrogen) atoms. The Hall–Kier alpha value is -2.89. The lowest BCUT2D eigenvalue weighted by atomic mass is 10.1. The molecule has 0 aliphatic carbocycles. The number of thiazole rings is 1. The zero-order valence-corrected chi connectivity index (χ0v) is 19.9. The van der Waals surface area contributed by atoms with Crippen LogP contribution in [0.15, 0.2) is 18.2 Å². The average molecular weight is 476 g/mol. The van der Waals surface area contributed by atoms with Crippen molar-refractivity contribution in [3.8, 4) is 0 Å². The summed E-state index contributed by atoms with van der Waals surface area (Å²) in [6.07, 6.45) is 0.669. The number of rotatable bonds is 9. The maximum atomic E-state index is 13.2. The van der Waals surface area contributed by atoms with Crippen LogP contribution in [0.4, 0.5) is 10.8 Å². The quantitative estimate of drug-likeness (QED) is 0.438. The van der Waals surface area contributed by atoms with Gasteiger partial charge in [0.05, 0.1) is 23.8 Å². The van der Waals surface area contributed by atoms with Crippen molar-refractivity contribution in [3.05, 3.63) is 50.0 Å². The highest BCUT2D eigenvalue weighted by Crippen LogP contribution is 2.22. The summed E-state index contributed by atoms with van der Waals surface area (Å²) in [6.45, 7) is 9.41. The van der Waals surface area contributed by atoms with Gasteiger partial charge in [-0.25, -0.2) is 4.98 Å². The lowest BCUT2D eigenvalue weighted by molar-refractivity contribution is -0.385. The molecule has 1 aromatic heterocycles. The van der Waals surface area contributed by atoms with Crippen LogP contribution in [0.5, 0.6) is 0 Å². The second-order valence-corrected chi connectivity index (χ2v) is 9.20. The van der Waals surface area contributed by atoms with Crippen LogP contribution in [-0.2, 0) is 9.53 Å². The molecule has 1 aromatic carbocycles. The summed E-state index contributed by atoms with van der Waals surface area (Å²) in [6, 6.07) is 4.39. The van der Waals surface area contributed by atoms with Crippen molar-refractivity contribution in [1.82, 2.24) is 14.8 Å². The van der Waals surface area contributed by atoms with Crippen molar-refractivity contribution in [3.63, 3.8) is 0 Å². The van der Waals surface area contributed by atoms with E-state index in [2.05, 4.69) is 15.2 Å². The first-order chi connectivity index (χ1) is 15.7. The molecule has 0 unspecified atom stereocenters. The largest absolute Gasteiger partial charge is 0.379 e. The van der Waals surface area contributed by atoms with Crippen LogP contribution in [0.2, 0.25) is 0 Å². The van der Waals surface area contributed by atoms with E-state index in [9.17, 15) is 19.7 Å². The van der Waals surface area contributed by atoms with E-state index in [0.29, 0.717) is 36.9 Å². The number of hydrogen-bond acceptors (Lipinski definition) is 8. The van der Waals surface area contributed by atoms with Crippen molar-refractivity contribution in [2.75, 3.05) is 51.3 Å². The van der Waals surface area contributed by atoms with E-state index in [1.54, 1.807) is 19.1 Å². The van der Waals surface area contributed by atoms with E-state index >= 15 is 0 Å². The number of benzene rings is 1. The van der Waals surface area contributed by atoms with Gasteiger partial charge in [0, 0.05) is 48.2 Å². The molecule has 1 N–H and O–H groups in total. The van der Waals surface area contributed by atoms with Crippen LogP contribution < -0.4 is 5.32 Å². The Morgan fingerprint density at radius 1 is 1.27 bits per heavy atom. The molecule has 2 heterocycles. The van der Waals surface area contributed by atoms with E-state index in [1.165, 1.54) is 22.3 Å². The van der Waals surface area contributed by atoms with Gasteiger partial charge in [-0.3, -0.25) is 24.6 Å². The Morgan fingerprint density at radius 3 is 2.64 bits per heavy atom. The van der Waals surface area contributed by atoms with Crippen LogP contribution in [-0.4, -0.2) is 77.5 Å². The van der Waals surface area contributed by atoms with Crippen LogP contribution >= 0.6 is 11.3 Å². The molecular weight excluding hydrogens is 446 g/mol. The zero-order chi connectivity index (χ0) is 24.0. The molecule has 0 radical (unpaired) electrons. The fourth-order valence-electron chi connectivity index (χ4n) is 3.54. The van der Waals surface area contributed by atoms with Crippen LogP contribution in [0, 0.1) is 30.9 Å². The highest BCUT2D eigenvalue weighted by Gasteiger charge is 2.23. The van der Waals surface area contributed by atoms with Gasteiger partial charge < -0.3 is 15.0 Å². The number of aryl methyl sites for hydroxylation is 3. The first-order valence-electron chi connectivity index (χ1n) is 10.8. The molecule has 0 saturated carbocycles. The predicted molar refractivity (Wildman–Crippen MR) is 126 cm³/mol. The second kappa shape index (κ2) is 11.3. The Balaban J connectivity index is 1.72. The Bertz CT molecular complexity index is 999. The summed E-state index contributed by atoms with van der Waals surface area (Å²) < 4.78 is 5.36. The molecule has 178 valence electrons. The molecule has 1 fully saturated rings. The van der Waals surface area contributed by atoms with Gasteiger partial charge in [0.2, 0.25) is 5.91 Å². The lowest BCUT2D eigenvalue weighted by Gasteiger charge is -2.28. The fraction of sp³-hybridized carbons (Fsp3) is 0.500. The molecule has 3 rings (SSSR count). The van der Waals surface area contributed by atoms with Gasteiger partial charge in [-0.05, 0) is 33.3 Å². The monoisotopic (exact) mass is 475 g/mol. The minimum atomic E-state index is -0.505. The number of ether oxygens (including phenoxy) is 1. The number of nitro groups is 1. The summed E-state index contributed by atoms with van der Waals surface area (Å²) in [7, 11) is 0. The molecule has 0 atom stereocenters. The standard InChI is InChI=1S/C22H29N5O5S/c1-15-5-6-18(13-19(15)27(30)31)21(29)26(8-4-7-25-9-11-32-12-10-25)14-20(28)24-22-23-16(2)17(3)33-22/h5-6,13H,4,7-12,14H2,1-3H3,(H,23,24,28). The minimum absolute atomic E-state index is 0.118. The first kappa shape index (κ1) is 24.7. The number of nitrogens with zero attached hydrogens (tertiary/aromatic N) is 4. The number of hydrogen-bond donors (Lipinski definition) is 1. The molecule has 2 amide bonds. The summed E-state index contributed by atoms with van der Waals surface area (Å²) in [4.78, 5) is 45.8. The van der Waals surface area contributed by atoms with Gasteiger partial charge in [-0.1, -0.05) is 6.07 Å². The summed E-state index contributed by atoms with van der Waals surface area (Å²) >= 11 is 1.38. The number of morpholine rings is 1. The van der Waals surface area contributed by atoms with Crippen molar-refractivity contribution >= 4 is 34.0 Å². The van der Waals surface area contributed by atoms with Crippen molar-refractivity contribution in [2.24, 2.45) is 0 Å². The third-order valence-corrected chi connectivity index (χ3v) is 6.54. The van der Waals surface area contributed by atoms with Crippen molar-refractivity contribution < 1.29 is 19.2 Å². The molecule has 10 nitrogen and oxygen atoms in total. The molecule has 1 aliphatic rings. The van der Waals surface area contributed by atoms with Gasteiger partial charge in [0.25, 0.3) is 11.6 Å². The van der Waals surface area contributed by atoms with Gasteiger partial charge >= 0.3 is 0 Å². The van der Waals surface area contributed by atoms with Crippen LogP contribution in [0.3, 0.4) is 0 Å².